The fraction of sp³-hybridized carbons (Fsp3) is 0. The third-order valence-electron chi connectivity index (χ3n) is 1.83. The summed E-state index contributed by atoms with van der Waals surface area (Å²) < 4.78 is 0. The second-order valence-electron chi connectivity index (χ2n) is 2.62. The van der Waals surface area contributed by atoms with Crippen LogP contribution in [0.3, 0.4) is 0 Å². The molecule has 0 aromatic carbocycles. The van der Waals surface area contributed by atoms with Gasteiger partial charge in [0, 0.05) is 29.8 Å². The third kappa shape index (κ3) is 1.30. The van der Waals surface area contributed by atoms with Crippen molar-refractivity contribution in [2.75, 3.05) is 0 Å². The fourth-order valence-electron chi connectivity index (χ4n) is 1.22. The van der Waals surface area contributed by atoms with Crippen LogP contribution < -0.4 is 0 Å². The molecule has 0 fully saturated rings. The van der Waals surface area contributed by atoms with Crippen LogP contribution in [-0.4, -0.2) is 9.97 Å². The zero-order chi connectivity index (χ0) is 9.10. The zero-order valence-corrected chi connectivity index (χ0v) is 6.86. The maximum absolute atomic E-state index is 8.81. The van der Waals surface area contributed by atoms with Crippen molar-refractivity contribution in [3.8, 4) is 17.3 Å². The van der Waals surface area contributed by atoms with E-state index >= 15 is 0 Å². The molecule has 62 valence electrons. The van der Waals surface area contributed by atoms with Crippen LogP contribution in [0.1, 0.15) is 5.56 Å². The summed E-state index contributed by atoms with van der Waals surface area (Å²) in [6.07, 6.45) is 5.07. The van der Waals surface area contributed by atoms with Gasteiger partial charge in [0.25, 0.3) is 0 Å². The molecule has 0 aliphatic rings. The highest BCUT2D eigenvalue weighted by Gasteiger charge is 2.03. The molecule has 0 amide bonds. The molecule has 0 aliphatic carbocycles. The van der Waals surface area contributed by atoms with Crippen LogP contribution in [0.5, 0.6) is 0 Å². The Bertz CT molecular complexity index is 437. The molecule has 0 spiro atoms. The SMILES string of the molecule is N#Cc1cnccc1-c1ccc[nH]1. The van der Waals surface area contributed by atoms with E-state index < -0.39 is 0 Å². The first-order valence-electron chi connectivity index (χ1n) is 3.89. The van der Waals surface area contributed by atoms with E-state index in [9.17, 15) is 0 Å². The van der Waals surface area contributed by atoms with Gasteiger partial charge in [-0.25, -0.2) is 0 Å². The summed E-state index contributed by atoms with van der Waals surface area (Å²) >= 11 is 0. The Hall–Kier alpha value is -2.08. The molecule has 3 nitrogen and oxygen atoms in total. The smallest absolute Gasteiger partial charge is 0.101 e. The molecule has 1 N–H and O–H groups in total. The van der Waals surface area contributed by atoms with E-state index in [-0.39, 0.29) is 0 Å². The van der Waals surface area contributed by atoms with Crippen LogP contribution in [0.2, 0.25) is 0 Å². The van der Waals surface area contributed by atoms with Gasteiger partial charge in [0.05, 0.1) is 5.56 Å². The molecule has 2 rings (SSSR count). The topological polar surface area (TPSA) is 52.5 Å². The number of hydrogen-bond donors (Lipinski definition) is 1. The lowest BCUT2D eigenvalue weighted by Gasteiger charge is -1.98. The number of nitriles is 1. The van der Waals surface area contributed by atoms with Gasteiger partial charge in [-0.05, 0) is 18.2 Å². The van der Waals surface area contributed by atoms with E-state index in [1.807, 2.05) is 24.4 Å². The van der Waals surface area contributed by atoms with Crippen LogP contribution in [0, 0.1) is 11.3 Å². The lowest BCUT2D eigenvalue weighted by Crippen LogP contribution is -1.84. The van der Waals surface area contributed by atoms with Crippen molar-refractivity contribution in [3.05, 3.63) is 42.4 Å². The molecule has 2 aromatic heterocycles. The van der Waals surface area contributed by atoms with Crippen molar-refractivity contribution in [1.29, 1.82) is 5.26 Å². The minimum absolute atomic E-state index is 0.588. The van der Waals surface area contributed by atoms with Crippen LogP contribution in [0.25, 0.3) is 11.3 Å². The highest BCUT2D eigenvalue weighted by molar-refractivity contribution is 5.66. The molecule has 2 heterocycles. The molecular weight excluding hydrogens is 162 g/mol. The Morgan fingerprint density at radius 2 is 2.31 bits per heavy atom. The second kappa shape index (κ2) is 3.11. The normalized spacial score (nSPS) is 9.46. The lowest BCUT2D eigenvalue weighted by molar-refractivity contribution is 1.29. The van der Waals surface area contributed by atoms with Gasteiger partial charge in [-0.1, -0.05) is 0 Å². The minimum Gasteiger partial charge on any atom is -0.361 e. The number of aromatic amines is 1. The standard InChI is InChI=1S/C10H7N3/c11-6-8-7-12-5-3-9(8)10-2-1-4-13-10/h1-5,7,13H. The summed E-state index contributed by atoms with van der Waals surface area (Å²) in [4.78, 5) is 6.94. The summed E-state index contributed by atoms with van der Waals surface area (Å²) in [5, 5.41) is 8.81. The van der Waals surface area contributed by atoms with Gasteiger partial charge >= 0.3 is 0 Å². The molecule has 0 radical (unpaired) electrons. The van der Waals surface area contributed by atoms with Gasteiger partial charge in [-0.3, -0.25) is 4.98 Å². The molecular formula is C10H7N3. The van der Waals surface area contributed by atoms with E-state index in [0.29, 0.717) is 5.56 Å². The van der Waals surface area contributed by atoms with Crippen LogP contribution >= 0.6 is 0 Å². The molecule has 0 saturated carbocycles. The van der Waals surface area contributed by atoms with Crippen LogP contribution in [0.4, 0.5) is 0 Å². The molecule has 13 heavy (non-hydrogen) atoms. The number of H-pyrrole nitrogens is 1. The molecule has 0 aliphatic heterocycles. The molecule has 3 heteroatoms. The number of rotatable bonds is 1. The third-order valence-corrected chi connectivity index (χ3v) is 1.83. The quantitative estimate of drug-likeness (QED) is 0.709. The summed E-state index contributed by atoms with van der Waals surface area (Å²) in [5.41, 5.74) is 2.42. The van der Waals surface area contributed by atoms with Crippen molar-refractivity contribution in [1.82, 2.24) is 9.97 Å². The maximum Gasteiger partial charge on any atom is 0.101 e. The van der Waals surface area contributed by atoms with Gasteiger partial charge in [0.1, 0.15) is 6.07 Å². The van der Waals surface area contributed by atoms with Crippen molar-refractivity contribution in [2.24, 2.45) is 0 Å². The maximum atomic E-state index is 8.81. The summed E-state index contributed by atoms with van der Waals surface area (Å²) in [6, 6.07) is 7.75. The Labute approximate surface area is 75.7 Å². The first-order valence-corrected chi connectivity index (χ1v) is 3.89. The predicted molar refractivity (Wildman–Crippen MR) is 48.7 cm³/mol. The van der Waals surface area contributed by atoms with Crippen molar-refractivity contribution in [3.63, 3.8) is 0 Å². The summed E-state index contributed by atoms with van der Waals surface area (Å²) in [5.74, 6) is 0. The second-order valence-corrected chi connectivity index (χ2v) is 2.62. The fourth-order valence-corrected chi connectivity index (χ4v) is 1.22. The average Bonchev–Trinajstić information content (AvgIpc) is 2.70. The van der Waals surface area contributed by atoms with Crippen molar-refractivity contribution >= 4 is 0 Å². The number of nitrogens with zero attached hydrogens (tertiary/aromatic N) is 2. The van der Waals surface area contributed by atoms with Gasteiger partial charge in [-0.2, -0.15) is 5.26 Å². The Balaban J connectivity index is 2.59. The highest BCUT2D eigenvalue weighted by atomic mass is 14.7. The zero-order valence-electron chi connectivity index (χ0n) is 6.86. The molecule has 0 unspecified atom stereocenters. The average molecular weight is 169 g/mol. The van der Waals surface area contributed by atoms with Crippen molar-refractivity contribution < 1.29 is 0 Å². The van der Waals surface area contributed by atoms with Gasteiger partial charge in [0.15, 0.2) is 0 Å². The molecule has 2 aromatic rings. The first-order chi connectivity index (χ1) is 6.42. The lowest BCUT2D eigenvalue weighted by atomic mass is 10.1. The number of pyridine rings is 1. The van der Waals surface area contributed by atoms with E-state index in [1.54, 1.807) is 12.4 Å². The van der Waals surface area contributed by atoms with Crippen LogP contribution in [-0.2, 0) is 0 Å². The van der Waals surface area contributed by atoms with Crippen molar-refractivity contribution in [2.45, 2.75) is 0 Å². The summed E-state index contributed by atoms with van der Waals surface area (Å²) in [6.45, 7) is 0. The van der Waals surface area contributed by atoms with Crippen LogP contribution in [0.15, 0.2) is 36.8 Å². The molecule has 0 saturated heterocycles. The number of nitrogens with one attached hydrogen (secondary N) is 1. The van der Waals surface area contributed by atoms with Gasteiger partial charge in [0.2, 0.25) is 0 Å². The minimum atomic E-state index is 0.588. The Morgan fingerprint density at radius 3 is 3.00 bits per heavy atom. The van der Waals surface area contributed by atoms with Gasteiger partial charge in [-0.15, -0.1) is 0 Å². The number of aromatic nitrogens is 2. The monoisotopic (exact) mass is 169 g/mol. The van der Waals surface area contributed by atoms with Gasteiger partial charge < -0.3 is 4.98 Å². The number of hydrogen-bond acceptors (Lipinski definition) is 2. The van der Waals surface area contributed by atoms with E-state index in [1.165, 1.54) is 0 Å². The highest BCUT2D eigenvalue weighted by Crippen LogP contribution is 2.19. The van der Waals surface area contributed by atoms with E-state index in [0.717, 1.165) is 11.3 Å². The Morgan fingerprint density at radius 1 is 1.38 bits per heavy atom. The Kier molecular flexibility index (Phi) is 1.81. The largest absolute Gasteiger partial charge is 0.361 e. The molecule has 0 atom stereocenters. The van der Waals surface area contributed by atoms with E-state index in [4.69, 9.17) is 5.26 Å². The van der Waals surface area contributed by atoms with E-state index in [2.05, 4.69) is 16.0 Å². The first kappa shape index (κ1) is 7.56. The molecule has 0 bridgehead atoms. The summed E-state index contributed by atoms with van der Waals surface area (Å²) in [7, 11) is 0. The predicted octanol–water partition coefficient (Wildman–Crippen LogP) is 1.95.